The van der Waals surface area contributed by atoms with Gasteiger partial charge in [-0.2, -0.15) is 0 Å². The molecular weight excluding hydrogens is 188 g/mol. The first-order valence-corrected chi connectivity index (χ1v) is 5.66. The van der Waals surface area contributed by atoms with Gasteiger partial charge in [0.15, 0.2) is 0 Å². The maximum atomic E-state index is 5.41. The Morgan fingerprint density at radius 3 is 3.20 bits per heavy atom. The van der Waals surface area contributed by atoms with Crippen molar-refractivity contribution in [1.29, 1.82) is 0 Å². The van der Waals surface area contributed by atoms with Crippen molar-refractivity contribution in [3.63, 3.8) is 0 Å². The Bertz CT molecular complexity index is 270. The zero-order chi connectivity index (χ0) is 10.3. The van der Waals surface area contributed by atoms with Crippen molar-refractivity contribution in [2.24, 2.45) is 0 Å². The van der Waals surface area contributed by atoms with Crippen LogP contribution in [0.2, 0.25) is 0 Å². The Kier molecular flexibility index (Phi) is 4.11. The van der Waals surface area contributed by atoms with Crippen LogP contribution < -0.4 is 5.32 Å². The zero-order valence-electron chi connectivity index (χ0n) is 8.98. The number of ether oxygens (including phenoxy) is 1. The molecule has 15 heavy (non-hydrogen) atoms. The summed E-state index contributed by atoms with van der Waals surface area (Å²) in [5.74, 6) is 0. The molecule has 1 aliphatic heterocycles. The van der Waals surface area contributed by atoms with Gasteiger partial charge in [-0.25, -0.2) is 0 Å². The zero-order valence-corrected chi connectivity index (χ0v) is 8.98. The third kappa shape index (κ3) is 3.61. The van der Waals surface area contributed by atoms with Crippen LogP contribution in [-0.4, -0.2) is 30.8 Å². The van der Waals surface area contributed by atoms with Crippen molar-refractivity contribution in [2.45, 2.75) is 25.3 Å². The van der Waals surface area contributed by atoms with E-state index in [2.05, 4.69) is 16.4 Å². The van der Waals surface area contributed by atoms with Crippen LogP contribution in [0.25, 0.3) is 0 Å². The van der Waals surface area contributed by atoms with E-state index in [0.717, 1.165) is 31.9 Å². The van der Waals surface area contributed by atoms with Gasteiger partial charge < -0.3 is 10.1 Å². The summed E-state index contributed by atoms with van der Waals surface area (Å²) in [7, 11) is 0. The van der Waals surface area contributed by atoms with Crippen LogP contribution in [0, 0.1) is 0 Å². The average molecular weight is 206 g/mol. The number of rotatable bonds is 4. The van der Waals surface area contributed by atoms with Crippen LogP contribution in [0.15, 0.2) is 24.4 Å². The summed E-state index contributed by atoms with van der Waals surface area (Å²) in [5.41, 5.74) is 1.15. The largest absolute Gasteiger partial charge is 0.380 e. The number of hydrogen-bond donors (Lipinski definition) is 1. The monoisotopic (exact) mass is 206 g/mol. The summed E-state index contributed by atoms with van der Waals surface area (Å²) in [5, 5.41) is 3.51. The quantitative estimate of drug-likeness (QED) is 0.808. The number of nitrogens with zero attached hydrogens (tertiary/aromatic N) is 1. The molecule has 0 aromatic carbocycles. The molecule has 2 heterocycles. The van der Waals surface area contributed by atoms with Crippen molar-refractivity contribution in [3.8, 4) is 0 Å². The summed E-state index contributed by atoms with van der Waals surface area (Å²) in [4.78, 5) is 4.29. The van der Waals surface area contributed by atoms with Crippen LogP contribution in [0.1, 0.15) is 18.5 Å². The lowest BCUT2D eigenvalue weighted by Gasteiger charge is -2.23. The first-order valence-electron chi connectivity index (χ1n) is 5.66. The minimum atomic E-state index is 0.544. The van der Waals surface area contributed by atoms with Crippen LogP contribution in [0.5, 0.6) is 0 Å². The molecule has 1 N–H and O–H groups in total. The minimum absolute atomic E-state index is 0.544. The molecule has 3 heteroatoms. The highest BCUT2D eigenvalue weighted by atomic mass is 16.5. The molecule has 1 unspecified atom stereocenters. The summed E-state index contributed by atoms with van der Waals surface area (Å²) in [6.45, 7) is 2.78. The van der Waals surface area contributed by atoms with Gasteiger partial charge in [-0.1, -0.05) is 6.07 Å². The molecule has 3 nitrogen and oxygen atoms in total. The Balaban J connectivity index is 1.66. The summed E-state index contributed by atoms with van der Waals surface area (Å²) in [6.07, 6.45) is 5.26. The molecule has 1 atom stereocenters. The van der Waals surface area contributed by atoms with Crippen molar-refractivity contribution in [2.75, 3.05) is 19.8 Å². The average Bonchev–Trinajstić information content (AvgIpc) is 2.32. The molecule has 0 amide bonds. The topological polar surface area (TPSA) is 34.1 Å². The van der Waals surface area contributed by atoms with Gasteiger partial charge in [-0.3, -0.25) is 4.98 Å². The van der Waals surface area contributed by atoms with E-state index in [0.29, 0.717) is 6.04 Å². The predicted octanol–water partition coefficient (Wildman–Crippen LogP) is 1.39. The summed E-state index contributed by atoms with van der Waals surface area (Å²) < 4.78 is 5.41. The smallest absolute Gasteiger partial charge is 0.0619 e. The van der Waals surface area contributed by atoms with Crippen molar-refractivity contribution in [3.05, 3.63) is 30.1 Å². The van der Waals surface area contributed by atoms with Gasteiger partial charge in [0, 0.05) is 37.5 Å². The van der Waals surface area contributed by atoms with Crippen molar-refractivity contribution >= 4 is 0 Å². The standard InChI is InChI=1S/C12H18N2O/c1-2-7-13-11(4-1)6-8-14-12-5-3-9-15-10-12/h1-2,4,7,12,14H,3,5-6,8-10H2. The van der Waals surface area contributed by atoms with Crippen molar-refractivity contribution in [1.82, 2.24) is 10.3 Å². The molecule has 1 aromatic rings. The fourth-order valence-corrected chi connectivity index (χ4v) is 1.85. The molecule has 1 aliphatic rings. The molecule has 1 fully saturated rings. The maximum Gasteiger partial charge on any atom is 0.0619 e. The molecule has 1 saturated heterocycles. The van der Waals surface area contributed by atoms with Crippen LogP contribution in [0.4, 0.5) is 0 Å². The van der Waals surface area contributed by atoms with Gasteiger partial charge in [-0.05, 0) is 25.0 Å². The number of pyridine rings is 1. The van der Waals surface area contributed by atoms with E-state index in [4.69, 9.17) is 4.74 Å². The number of nitrogens with one attached hydrogen (secondary N) is 1. The van der Waals surface area contributed by atoms with Gasteiger partial charge in [0.25, 0.3) is 0 Å². The molecular formula is C12H18N2O. The second kappa shape index (κ2) is 5.83. The molecule has 0 saturated carbocycles. The second-order valence-corrected chi connectivity index (χ2v) is 3.94. The fraction of sp³-hybridized carbons (Fsp3) is 0.583. The molecule has 2 rings (SSSR count). The number of hydrogen-bond acceptors (Lipinski definition) is 3. The van der Waals surface area contributed by atoms with E-state index < -0.39 is 0 Å². The first kappa shape index (κ1) is 10.6. The molecule has 1 aromatic heterocycles. The molecule has 0 aliphatic carbocycles. The Labute approximate surface area is 90.9 Å². The third-order valence-corrected chi connectivity index (χ3v) is 2.70. The lowest BCUT2D eigenvalue weighted by atomic mass is 10.1. The minimum Gasteiger partial charge on any atom is -0.380 e. The summed E-state index contributed by atoms with van der Waals surface area (Å²) in [6, 6.07) is 6.60. The van der Waals surface area contributed by atoms with E-state index in [-0.39, 0.29) is 0 Å². The van der Waals surface area contributed by atoms with E-state index >= 15 is 0 Å². The van der Waals surface area contributed by atoms with E-state index in [1.54, 1.807) is 0 Å². The SMILES string of the molecule is c1ccc(CCNC2CCCOC2)nc1. The Morgan fingerprint density at radius 1 is 1.47 bits per heavy atom. The summed E-state index contributed by atoms with van der Waals surface area (Å²) >= 11 is 0. The lowest BCUT2D eigenvalue weighted by Crippen LogP contribution is -2.37. The van der Waals surface area contributed by atoms with Gasteiger partial charge >= 0.3 is 0 Å². The van der Waals surface area contributed by atoms with Crippen LogP contribution >= 0.6 is 0 Å². The number of aromatic nitrogens is 1. The highest BCUT2D eigenvalue weighted by molar-refractivity contribution is 5.03. The van der Waals surface area contributed by atoms with Gasteiger partial charge in [-0.15, -0.1) is 0 Å². The molecule has 0 radical (unpaired) electrons. The second-order valence-electron chi connectivity index (χ2n) is 3.94. The third-order valence-electron chi connectivity index (χ3n) is 2.70. The fourth-order valence-electron chi connectivity index (χ4n) is 1.85. The van der Waals surface area contributed by atoms with Gasteiger partial charge in [0.05, 0.1) is 6.61 Å². The van der Waals surface area contributed by atoms with Gasteiger partial charge in [0.2, 0.25) is 0 Å². The van der Waals surface area contributed by atoms with E-state index in [1.165, 1.54) is 12.8 Å². The Morgan fingerprint density at radius 2 is 2.47 bits per heavy atom. The maximum absolute atomic E-state index is 5.41. The van der Waals surface area contributed by atoms with E-state index in [9.17, 15) is 0 Å². The van der Waals surface area contributed by atoms with Crippen LogP contribution in [-0.2, 0) is 11.2 Å². The van der Waals surface area contributed by atoms with Crippen LogP contribution in [0.3, 0.4) is 0 Å². The highest BCUT2D eigenvalue weighted by Crippen LogP contribution is 2.05. The highest BCUT2D eigenvalue weighted by Gasteiger charge is 2.12. The lowest BCUT2D eigenvalue weighted by molar-refractivity contribution is 0.0707. The molecule has 0 bridgehead atoms. The normalized spacial score (nSPS) is 21.5. The van der Waals surface area contributed by atoms with E-state index in [1.807, 2.05) is 18.3 Å². The predicted molar refractivity (Wildman–Crippen MR) is 59.8 cm³/mol. The van der Waals surface area contributed by atoms with Crippen molar-refractivity contribution < 1.29 is 4.74 Å². The molecule has 0 spiro atoms. The molecule has 82 valence electrons. The first-order chi connectivity index (χ1) is 7.45. The Hall–Kier alpha value is -0.930. The van der Waals surface area contributed by atoms with Gasteiger partial charge in [0.1, 0.15) is 0 Å².